The third-order valence-electron chi connectivity index (χ3n) is 3.05. The van der Waals surface area contributed by atoms with E-state index in [1.54, 1.807) is 0 Å². The molecule has 0 saturated carbocycles. The van der Waals surface area contributed by atoms with Crippen molar-refractivity contribution in [3.8, 4) is 0 Å². The van der Waals surface area contributed by atoms with E-state index in [0.717, 1.165) is 6.07 Å². The average Bonchev–Trinajstić information content (AvgIpc) is 2.78. The van der Waals surface area contributed by atoms with Gasteiger partial charge in [0.25, 0.3) is 5.69 Å². The number of non-ortho nitro benzene ring substituents is 1. The Morgan fingerprint density at radius 1 is 1.32 bits per heavy atom. The molecule has 0 aliphatic carbocycles. The second-order valence-electron chi connectivity index (χ2n) is 4.36. The van der Waals surface area contributed by atoms with Gasteiger partial charge in [-0.3, -0.25) is 20.7 Å². The summed E-state index contributed by atoms with van der Waals surface area (Å²) in [5, 5.41) is 15.4. The first-order valence-electron chi connectivity index (χ1n) is 5.64. The first kappa shape index (κ1) is 13.8. The van der Waals surface area contributed by atoms with Crippen molar-refractivity contribution < 1.29 is 18.1 Å². The third-order valence-corrected chi connectivity index (χ3v) is 3.05. The highest BCUT2D eigenvalue weighted by molar-refractivity contribution is 5.35. The molecule has 1 aromatic carbocycles. The molecule has 0 bridgehead atoms. The molecule has 0 unspecified atom stereocenters. The van der Waals surface area contributed by atoms with Crippen LogP contribution in [0.2, 0.25) is 0 Å². The number of nitro benzene ring substituents is 1. The van der Waals surface area contributed by atoms with Gasteiger partial charge in [-0.05, 0) is 5.56 Å². The summed E-state index contributed by atoms with van der Waals surface area (Å²) in [6.45, 7) is 0.406. The molecule has 0 spiro atoms. The standard InChI is InChI=1S/C11H12F3N3O2/c12-11(13,14)10(15-4-5-16-10)7-8-2-1-3-9(6-8)17(18)19/h1-3,6,15-16H,4-5,7H2. The summed E-state index contributed by atoms with van der Waals surface area (Å²) in [5.74, 6) is 0. The first-order valence-corrected chi connectivity index (χ1v) is 5.64. The fourth-order valence-corrected chi connectivity index (χ4v) is 2.13. The minimum atomic E-state index is -4.48. The zero-order valence-corrected chi connectivity index (χ0v) is 9.83. The SMILES string of the molecule is O=[N+]([O-])c1cccc(CC2(C(F)(F)F)NCCN2)c1. The van der Waals surface area contributed by atoms with Crippen LogP contribution < -0.4 is 10.6 Å². The Morgan fingerprint density at radius 3 is 2.47 bits per heavy atom. The van der Waals surface area contributed by atoms with Crippen LogP contribution in [0.5, 0.6) is 0 Å². The average molecular weight is 275 g/mol. The van der Waals surface area contributed by atoms with Crippen molar-refractivity contribution in [3.05, 3.63) is 39.9 Å². The molecule has 2 rings (SSSR count). The topological polar surface area (TPSA) is 67.2 Å². The lowest BCUT2D eigenvalue weighted by Crippen LogP contribution is -2.62. The van der Waals surface area contributed by atoms with Gasteiger partial charge >= 0.3 is 6.18 Å². The maximum atomic E-state index is 13.1. The number of nitro groups is 1. The van der Waals surface area contributed by atoms with E-state index in [9.17, 15) is 23.3 Å². The van der Waals surface area contributed by atoms with Crippen LogP contribution in [0.1, 0.15) is 5.56 Å². The number of rotatable bonds is 3. The summed E-state index contributed by atoms with van der Waals surface area (Å²) in [6, 6.07) is 5.24. The van der Waals surface area contributed by atoms with Gasteiger partial charge in [0.15, 0.2) is 5.66 Å². The van der Waals surface area contributed by atoms with Crippen LogP contribution in [-0.2, 0) is 6.42 Å². The van der Waals surface area contributed by atoms with Gasteiger partial charge in [0.1, 0.15) is 0 Å². The first-order chi connectivity index (χ1) is 8.84. The van der Waals surface area contributed by atoms with Crippen LogP contribution in [0, 0.1) is 10.1 Å². The van der Waals surface area contributed by atoms with Crippen LogP contribution in [0.25, 0.3) is 0 Å². The minimum absolute atomic E-state index is 0.203. The zero-order valence-electron chi connectivity index (χ0n) is 9.83. The Balaban J connectivity index is 2.28. The Kier molecular flexibility index (Phi) is 3.46. The van der Waals surface area contributed by atoms with Gasteiger partial charge in [-0.1, -0.05) is 12.1 Å². The number of halogens is 3. The van der Waals surface area contributed by atoms with E-state index in [1.807, 2.05) is 0 Å². The predicted molar refractivity (Wildman–Crippen MR) is 61.6 cm³/mol. The number of benzene rings is 1. The van der Waals surface area contributed by atoms with Crippen LogP contribution >= 0.6 is 0 Å². The summed E-state index contributed by atoms with van der Waals surface area (Å²) >= 11 is 0. The molecule has 19 heavy (non-hydrogen) atoms. The van der Waals surface area contributed by atoms with Crippen molar-refractivity contribution >= 4 is 5.69 Å². The molecule has 1 aromatic rings. The lowest BCUT2D eigenvalue weighted by atomic mass is 9.99. The van der Waals surface area contributed by atoms with E-state index < -0.39 is 23.2 Å². The van der Waals surface area contributed by atoms with Gasteiger partial charge in [-0.15, -0.1) is 0 Å². The van der Waals surface area contributed by atoms with Crippen molar-refractivity contribution in [1.82, 2.24) is 10.6 Å². The maximum Gasteiger partial charge on any atom is 0.420 e. The molecule has 0 atom stereocenters. The molecule has 5 nitrogen and oxygen atoms in total. The minimum Gasteiger partial charge on any atom is -0.290 e. The van der Waals surface area contributed by atoms with Gasteiger partial charge in [0, 0.05) is 31.6 Å². The summed E-state index contributed by atoms with van der Waals surface area (Å²) < 4.78 is 39.3. The Labute approximate surface area is 106 Å². The number of hydrogen-bond donors (Lipinski definition) is 2. The van der Waals surface area contributed by atoms with E-state index in [2.05, 4.69) is 10.6 Å². The van der Waals surface area contributed by atoms with Gasteiger partial charge in [-0.2, -0.15) is 13.2 Å². The van der Waals surface area contributed by atoms with E-state index in [-0.39, 0.29) is 24.3 Å². The number of nitrogens with zero attached hydrogens (tertiary/aromatic N) is 1. The number of alkyl halides is 3. The monoisotopic (exact) mass is 275 g/mol. The highest BCUT2D eigenvalue weighted by atomic mass is 19.4. The highest BCUT2D eigenvalue weighted by Gasteiger charge is 2.56. The molecule has 0 aromatic heterocycles. The van der Waals surface area contributed by atoms with Crippen molar-refractivity contribution in [2.45, 2.75) is 18.3 Å². The quantitative estimate of drug-likeness (QED) is 0.649. The van der Waals surface area contributed by atoms with Crippen molar-refractivity contribution in [2.75, 3.05) is 13.1 Å². The van der Waals surface area contributed by atoms with Gasteiger partial charge in [-0.25, -0.2) is 0 Å². The molecule has 8 heteroatoms. The largest absolute Gasteiger partial charge is 0.420 e. The van der Waals surface area contributed by atoms with Crippen molar-refractivity contribution in [3.63, 3.8) is 0 Å². The summed E-state index contributed by atoms with van der Waals surface area (Å²) in [4.78, 5) is 9.99. The van der Waals surface area contributed by atoms with Gasteiger partial charge in [0.2, 0.25) is 0 Å². The summed E-state index contributed by atoms with van der Waals surface area (Å²) in [7, 11) is 0. The molecule has 1 fully saturated rings. The molecular weight excluding hydrogens is 263 g/mol. The smallest absolute Gasteiger partial charge is 0.290 e. The highest BCUT2D eigenvalue weighted by Crippen LogP contribution is 2.33. The fourth-order valence-electron chi connectivity index (χ4n) is 2.13. The zero-order chi connectivity index (χ0) is 14.1. The van der Waals surface area contributed by atoms with Crippen molar-refractivity contribution in [2.24, 2.45) is 0 Å². The molecule has 1 saturated heterocycles. The third kappa shape index (κ3) is 2.69. The number of nitrogens with one attached hydrogen (secondary N) is 2. The summed E-state index contributed by atoms with van der Waals surface area (Å²) in [5.41, 5.74) is -2.16. The molecule has 0 radical (unpaired) electrons. The fraction of sp³-hybridized carbons (Fsp3) is 0.455. The van der Waals surface area contributed by atoms with Crippen molar-refractivity contribution in [1.29, 1.82) is 0 Å². The normalized spacial score (nSPS) is 18.5. The van der Waals surface area contributed by atoms with E-state index >= 15 is 0 Å². The molecule has 0 amide bonds. The van der Waals surface area contributed by atoms with Crippen LogP contribution in [0.3, 0.4) is 0 Å². The molecule has 1 heterocycles. The maximum absolute atomic E-state index is 13.1. The predicted octanol–water partition coefficient (Wildman–Crippen LogP) is 1.59. The van der Waals surface area contributed by atoms with E-state index in [0.29, 0.717) is 0 Å². The Hall–Kier alpha value is -1.67. The second-order valence-corrected chi connectivity index (χ2v) is 4.36. The molecular formula is C11H12F3N3O2. The molecule has 1 aliphatic rings. The Morgan fingerprint density at radius 2 is 1.95 bits per heavy atom. The van der Waals surface area contributed by atoms with E-state index in [4.69, 9.17) is 0 Å². The second kappa shape index (κ2) is 4.78. The van der Waals surface area contributed by atoms with E-state index in [1.165, 1.54) is 18.2 Å². The Bertz CT molecular complexity index is 484. The van der Waals surface area contributed by atoms with Crippen LogP contribution in [-0.4, -0.2) is 29.9 Å². The van der Waals surface area contributed by atoms with Crippen LogP contribution in [0.15, 0.2) is 24.3 Å². The summed E-state index contributed by atoms with van der Waals surface area (Å²) in [6.07, 6.45) is -4.87. The molecule has 2 N–H and O–H groups in total. The van der Waals surface area contributed by atoms with Gasteiger partial charge < -0.3 is 0 Å². The molecule has 104 valence electrons. The lowest BCUT2D eigenvalue weighted by Gasteiger charge is -2.32. The molecule has 1 aliphatic heterocycles. The number of hydrogen-bond acceptors (Lipinski definition) is 4. The lowest BCUT2D eigenvalue weighted by molar-refractivity contribution is -0.384. The van der Waals surface area contributed by atoms with Gasteiger partial charge in [0.05, 0.1) is 4.92 Å². The van der Waals surface area contributed by atoms with Crippen LogP contribution in [0.4, 0.5) is 18.9 Å².